The molecule has 1 aromatic heterocycles. The molecule has 0 spiro atoms. The maximum absolute atomic E-state index is 13.5. The van der Waals surface area contributed by atoms with Crippen molar-refractivity contribution in [1.29, 1.82) is 0 Å². The molecule has 0 aliphatic carbocycles. The largest absolute Gasteiger partial charge is 0.392 e. The topological polar surface area (TPSA) is 33.1 Å². The summed E-state index contributed by atoms with van der Waals surface area (Å²) in [5, 5.41) is 9.73. The average Bonchev–Trinajstić information content (AvgIpc) is 2.35. The number of hydrogen-bond acceptors (Lipinski definition) is 2. The summed E-state index contributed by atoms with van der Waals surface area (Å²) in [6.45, 7) is -0.421. The lowest BCUT2D eigenvalue weighted by Gasteiger charge is -2.09. The number of benzene rings is 1. The number of rotatable bonds is 2. The number of aliphatic hydroxyl groups excluding tert-OH is 1. The molecule has 0 unspecified atom stereocenters. The molecule has 1 aromatic carbocycles. The van der Waals surface area contributed by atoms with Crippen molar-refractivity contribution in [2.45, 2.75) is 6.61 Å². The minimum atomic E-state index is -0.762. The molecule has 0 radical (unpaired) electrons. The number of aromatic nitrogens is 1. The van der Waals surface area contributed by atoms with Crippen LogP contribution in [0.5, 0.6) is 0 Å². The molecule has 2 nitrogen and oxygen atoms in total. The Hall–Kier alpha value is -0.870. The first-order chi connectivity index (χ1) is 8.54. The van der Waals surface area contributed by atoms with Gasteiger partial charge in [0.15, 0.2) is 0 Å². The van der Waals surface area contributed by atoms with Gasteiger partial charge in [0.25, 0.3) is 0 Å². The van der Waals surface area contributed by atoms with Crippen molar-refractivity contribution in [3.8, 4) is 11.3 Å². The third-order valence-corrected chi connectivity index (χ3v) is 3.52. The molecule has 0 saturated heterocycles. The summed E-state index contributed by atoms with van der Waals surface area (Å²) < 4.78 is 13.5. The van der Waals surface area contributed by atoms with Crippen LogP contribution < -0.4 is 0 Å². The van der Waals surface area contributed by atoms with Gasteiger partial charge in [-0.3, -0.25) is 0 Å². The van der Waals surface area contributed by atoms with Crippen molar-refractivity contribution in [2.24, 2.45) is 0 Å². The van der Waals surface area contributed by atoms with E-state index < -0.39 is 12.6 Å². The van der Waals surface area contributed by atoms with Gasteiger partial charge in [0, 0.05) is 11.1 Å². The molecule has 0 atom stereocenters. The van der Waals surface area contributed by atoms with Crippen LogP contribution in [-0.2, 0) is 6.61 Å². The second kappa shape index (κ2) is 5.41. The van der Waals surface area contributed by atoms with E-state index in [1.807, 2.05) is 0 Å². The summed E-state index contributed by atoms with van der Waals surface area (Å²) in [6, 6.07) is 6.06. The lowest BCUT2D eigenvalue weighted by Crippen LogP contribution is -1.96. The van der Waals surface area contributed by atoms with Crippen LogP contribution in [0.2, 0.25) is 15.1 Å². The summed E-state index contributed by atoms with van der Waals surface area (Å²) in [7, 11) is 0. The van der Waals surface area contributed by atoms with E-state index in [1.165, 1.54) is 12.1 Å². The zero-order valence-electron chi connectivity index (χ0n) is 8.92. The molecule has 0 aliphatic rings. The van der Waals surface area contributed by atoms with Crippen molar-refractivity contribution >= 4 is 34.8 Å². The molecule has 2 aromatic rings. The Bertz CT molecular complexity index is 604. The van der Waals surface area contributed by atoms with Crippen molar-refractivity contribution in [3.63, 3.8) is 0 Å². The Labute approximate surface area is 118 Å². The van der Waals surface area contributed by atoms with Crippen LogP contribution in [-0.4, -0.2) is 10.1 Å². The Morgan fingerprint density at radius 2 is 1.72 bits per heavy atom. The molecule has 0 fully saturated rings. The fourth-order valence-electron chi connectivity index (χ4n) is 1.48. The van der Waals surface area contributed by atoms with Gasteiger partial charge in [-0.15, -0.1) is 0 Å². The van der Waals surface area contributed by atoms with Crippen LogP contribution >= 0.6 is 34.8 Å². The summed E-state index contributed by atoms with van der Waals surface area (Å²) >= 11 is 17.9. The molecule has 0 saturated carbocycles. The Kier molecular flexibility index (Phi) is 4.07. The Balaban J connectivity index is 2.62. The van der Waals surface area contributed by atoms with E-state index in [0.29, 0.717) is 15.6 Å². The Morgan fingerprint density at radius 1 is 1.06 bits per heavy atom. The summed E-state index contributed by atoms with van der Waals surface area (Å²) in [6.07, 6.45) is 0. The molecule has 2 rings (SSSR count). The quantitative estimate of drug-likeness (QED) is 0.661. The normalized spacial score (nSPS) is 10.7. The number of pyridine rings is 1. The molecule has 18 heavy (non-hydrogen) atoms. The molecular weight excluding hydrogens is 299 g/mol. The third-order valence-electron chi connectivity index (χ3n) is 2.40. The van der Waals surface area contributed by atoms with E-state index in [4.69, 9.17) is 39.9 Å². The zero-order valence-corrected chi connectivity index (χ0v) is 11.2. The standard InChI is InChI=1S/C12H7Cl3FNO/c13-7-2-3-8(14)11(15)10(7)9-4-1-6(5-18)12(16)17-9/h1-4,18H,5H2. The molecule has 94 valence electrons. The van der Waals surface area contributed by atoms with Gasteiger partial charge >= 0.3 is 0 Å². The SMILES string of the molecule is OCc1ccc(-c2c(Cl)ccc(Cl)c2Cl)nc1F. The van der Waals surface area contributed by atoms with Gasteiger partial charge in [0.05, 0.1) is 27.4 Å². The van der Waals surface area contributed by atoms with Gasteiger partial charge in [-0.2, -0.15) is 4.39 Å². The van der Waals surface area contributed by atoms with Crippen molar-refractivity contribution in [1.82, 2.24) is 4.98 Å². The van der Waals surface area contributed by atoms with Gasteiger partial charge in [0.1, 0.15) is 0 Å². The third kappa shape index (κ3) is 2.45. The van der Waals surface area contributed by atoms with E-state index in [-0.39, 0.29) is 16.3 Å². The second-order valence-electron chi connectivity index (χ2n) is 3.52. The lowest BCUT2D eigenvalue weighted by atomic mass is 10.1. The van der Waals surface area contributed by atoms with Crippen LogP contribution in [0.1, 0.15) is 5.56 Å². The van der Waals surface area contributed by atoms with E-state index in [0.717, 1.165) is 0 Å². The van der Waals surface area contributed by atoms with Crippen LogP contribution in [0, 0.1) is 5.95 Å². The van der Waals surface area contributed by atoms with Crippen LogP contribution in [0.3, 0.4) is 0 Å². The van der Waals surface area contributed by atoms with Gasteiger partial charge in [0.2, 0.25) is 5.95 Å². The minimum Gasteiger partial charge on any atom is -0.392 e. The lowest BCUT2D eigenvalue weighted by molar-refractivity contribution is 0.274. The Morgan fingerprint density at radius 3 is 2.33 bits per heavy atom. The minimum absolute atomic E-state index is 0.105. The molecule has 6 heteroatoms. The first kappa shape index (κ1) is 13.6. The average molecular weight is 307 g/mol. The van der Waals surface area contributed by atoms with Crippen molar-refractivity contribution in [2.75, 3.05) is 0 Å². The second-order valence-corrected chi connectivity index (χ2v) is 4.72. The van der Waals surface area contributed by atoms with E-state index in [9.17, 15) is 4.39 Å². The highest BCUT2D eigenvalue weighted by Gasteiger charge is 2.14. The fraction of sp³-hybridized carbons (Fsp3) is 0.0833. The highest BCUT2D eigenvalue weighted by Crippen LogP contribution is 2.38. The van der Waals surface area contributed by atoms with Crippen molar-refractivity contribution in [3.05, 3.63) is 50.8 Å². The predicted molar refractivity (Wildman–Crippen MR) is 70.6 cm³/mol. The highest BCUT2D eigenvalue weighted by molar-refractivity contribution is 6.46. The van der Waals surface area contributed by atoms with Crippen LogP contribution in [0.25, 0.3) is 11.3 Å². The summed E-state index contributed by atoms with van der Waals surface area (Å²) in [4.78, 5) is 3.72. The highest BCUT2D eigenvalue weighted by atomic mass is 35.5. The van der Waals surface area contributed by atoms with E-state index >= 15 is 0 Å². The predicted octanol–water partition coefficient (Wildman–Crippen LogP) is 4.34. The van der Waals surface area contributed by atoms with Gasteiger partial charge in [-0.25, -0.2) is 4.98 Å². The zero-order chi connectivity index (χ0) is 13.3. The molecule has 1 N–H and O–H groups in total. The van der Waals surface area contributed by atoms with Crippen LogP contribution in [0.15, 0.2) is 24.3 Å². The summed E-state index contributed by atoms with van der Waals surface area (Å²) in [5.74, 6) is -0.762. The smallest absolute Gasteiger partial charge is 0.218 e. The molecule has 1 heterocycles. The molecule has 0 aliphatic heterocycles. The first-order valence-electron chi connectivity index (χ1n) is 4.94. The monoisotopic (exact) mass is 305 g/mol. The van der Waals surface area contributed by atoms with Crippen LogP contribution in [0.4, 0.5) is 4.39 Å². The van der Waals surface area contributed by atoms with Crippen molar-refractivity contribution < 1.29 is 9.50 Å². The van der Waals surface area contributed by atoms with E-state index in [1.54, 1.807) is 12.1 Å². The maximum atomic E-state index is 13.5. The van der Waals surface area contributed by atoms with Gasteiger partial charge in [-0.05, 0) is 24.3 Å². The molecule has 0 amide bonds. The van der Waals surface area contributed by atoms with E-state index in [2.05, 4.69) is 4.98 Å². The number of aliphatic hydroxyl groups is 1. The molecule has 0 bridgehead atoms. The first-order valence-corrected chi connectivity index (χ1v) is 6.08. The number of nitrogens with zero attached hydrogens (tertiary/aromatic N) is 1. The fourth-order valence-corrected chi connectivity index (χ4v) is 2.20. The molecular formula is C12H7Cl3FNO. The maximum Gasteiger partial charge on any atom is 0.218 e. The number of halogens is 4. The number of hydrogen-bond donors (Lipinski definition) is 1. The van der Waals surface area contributed by atoms with Gasteiger partial charge < -0.3 is 5.11 Å². The summed E-state index contributed by atoms with van der Waals surface area (Å²) in [5.41, 5.74) is 0.740. The van der Waals surface area contributed by atoms with Gasteiger partial charge in [-0.1, -0.05) is 34.8 Å².